The van der Waals surface area contributed by atoms with E-state index in [1.54, 1.807) is 24.3 Å². The van der Waals surface area contributed by atoms with Crippen molar-refractivity contribution in [1.82, 2.24) is 19.9 Å². The number of H-pyrrole nitrogens is 1. The molecule has 0 unspecified atom stereocenters. The Kier molecular flexibility index (Phi) is 4.72. The standard InChI is InChI=1S/C19H24N6O2S/c1-24(2)14-9-11-25(12-14)18-16-8-10-20-17(16)22-19(23-18)21-13-4-6-15(7-5-13)28(3,26)27/h4-8,10,14H,9,11-12H2,1-3H3,(H2,20,21,22,23)/t14-/m1/s1. The number of benzene rings is 1. The smallest absolute Gasteiger partial charge is 0.231 e. The predicted molar refractivity (Wildman–Crippen MR) is 111 cm³/mol. The molecule has 1 atom stereocenters. The summed E-state index contributed by atoms with van der Waals surface area (Å²) >= 11 is 0. The van der Waals surface area contributed by atoms with E-state index in [2.05, 4.69) is 39.2 Å². The second-order valence-corrected chi connectivity index (χ2v) is 9.40. The average molecular weight is 401 g/mol. The van der Waals surface area contributed by atoms with Crippen molar-refractivity contribution in [1.29, 1.82) is 0 Å². The first-order valence-corrected chi connectivity index (χ1v) is 11.0. The summed E-state index contributed by atoms with van der Waals surface area (Å²) in [5.74, 6) is 1.39. The Labute approximate surface area is 164 Å². The Balaban J connectivity index is 1.63. The third-order valence-corrected chi connectivity index (χ3v) is 6.26. The first kappa shape index (κ1) is 18.7. The predicted octanol–water partition coefficient (Wildman–Crippen LogP) is 2.25. The molecule has 0 saturated carbocycles. The van der Waals surface area contributed by atoms with Crippen molar-refractivity contribution >= 4 is 38.3 Å². The topological polar surface area (TPSA) is 94.2 Å². The normalized spacial score (nSPS) is 17.6. The molecule has 3 heterocycles. The maximum Gasteiger partial charge on any atom is 0.231 e. The average Bonchev–Trinajstić information content (AvgIpc) is 3.30. The van der Waals surface area contributed by atoms with Gasteiger partial charge >= 0.3 is 0 Å². The zero-order chi connectivity index (χ0) is 19.9. The Bertz CT molecular complexity index is 1090. The molecular weight excluding hydrogens is 376 g/mol. The number of hydrogen-bond acceptors (Lipinski definition) is 7. The van der Waals surface area contributed by atoms with Crippen molar-refractivity contribution in [3.05, 3.63) is 36.5 Å². The maximum absolute atomic E-state index is 11.6. The molecule has 148 valence electrons. The molecule has 0 amide bonds. The number of aromatic amines is 1. The first-order chi connectivity index (χ1) is 13.3. The van der Waals surface area contributed by atoms with Crippen LogP contribution in [-0.2, 0) is 9.84 Å². The first-order valence-electron chi connectivity index (χ1n) is 9.15. The summed E-state index contributed by atoms with van der Waals surface area (Å²) in [4.78, 5) is 17.3. The Morgan fingerprint density at radius 1 is 1.18 bits per heavy atom. The molecule has 0 radical (unpaired) electrons. The highest BCUT2D eigenvalue weighted by Crippen LogP contribution is 2.29. The van der Waals surface area contributed by atoms with Crippen molar-refractivity contribution in [3.8, 4) is 0 Å². The number of hydrogen-bond donors (Lipinski definition) is 2. The van der Waals surface area contributed by atoms with Gasteiger partial charge in [0.2, 0.25) is 5.95 Å². The van der Waals surface area contributed by atoms with Gasteiger partial charge < -0.3 is 20.1 Å². The maximum atomic E-state index is 11.6. The van der Waals surface area contributed by atoms with E-state index < -0.39 is 9.84 Å². The van der Waals surface area contributed by atoms with Crippen molar-refractivity contribution < 1.29 is 8.42 Å². The van der Waals surface area contributed by atoms with Gasteiger partial charge in [-0.05, 0) is 50.8 Å². The van der Waals surface area contributed by atoms with Crippen LogP contribution in [0.1, 0.15) is 6.42 Å². The molecule has 1 saturated heterocycles. The number of sulfone groups is 1. The molecule has 4 rings (SSSR count). The van der Waals surface area contributed by atoms with E-state index in [1.807, 2.05) is 12.3 Å². The SMILES string of the molecule is CN(C)[C@@H]1CCN(c2nc(Nc3ccc(S(C)(=O)=O)cc3)nc3[nH]ccc23)C1. The number of anilines is 3. The molecule has 0 spiro atoms. The molecule has 8 nitrogen and oxygen atoms in total. The number of fused-ring (bicyclic) bond motifs is 1. The van der Waals surface area contributed by atoms with Crippen molar-refractivity contribution in [2.24, 2.45) is 0 Å². The highest BCUT2D eigenvalue weighted by molar-refractivity contribution is 7.90. The fourth-order valence-electron chi connectivity index (χ4n) is 3.49. The second kappa shape index (κ2) is 7.06. The monoisotopic (exact) mass is 400 g/mol. The van der Waals surface area contributed by atoms with Gasteiger partial charge in [-0.2, -0.15) is 9.97 Å². The molecule has 0 bridgehead atoms. The summed E-state index contributed by atoms with van der Waals surface area (Å²) in [5.41, 5.74) is 1.51. The highest BCUT2D eigenvalue weighted by atomic mass is 32.2. The van der Waals surface area contributed by atoms with E-state index in [1.165, 1.54) is 6.26 Å². The fraction of sp³-hybridized carbons (Fsp3) is 0.368. The van der Waals surface area contributed by atoms with Crippen LogP contribution in [0.4, 0.5) is 17.5 Å². The molecule has 3 aromatic rings. The van der Waals surface area contributed by atoms with Gasteiger partial charge in [0.15, 0.2) is 9.84 Å². The van der Waals surface area contributed by atoms with E-state index in [0.29, 0.717) is 12.0 Å². The van der Waals surface area contributed by atoms with Gasteiger partial charge in [-0.3, -0.25) is 0 Å². The van der Waals surface area contributed by atoms with E-state index in [0.717, 1.165) is 42.0 Å². The van der Waals surface area contributed by atoms with Crippen LogP contribution >= 0.6 is 0 Å². The number of nitrogens with one attached hydrogen (secondary N) is 2. The second-order valence-electron chi connectivity index (χ2n) is 7.38. The van der Waals surface area contributed by atoms with E-state index in [-0.39, 0.29) is 4.90 Å². The van der Waals surface area contributed by atoms with Crippen LogP contribution in [0, 0.1) is 0 Å². The molecule has 2 N–H and O–H groups in total. The molecule has 1 aromatic carbocycles. The molecule has 28 heavy (non-hydrogen) atoms. The summed E-state index contributed by atoms with van der Waals surface area (Å²) < 4.78 is 23.3. The lowest BCUT2D eigenvalue weighted by Crippen LogP contribution is -2.31. The third-order valence-electron chi connectivity index (χ3n) is 5.13. The zero-order valence-electron chi connectivity index (χ0n) is 16.2. The van der Waals surface area contributed by atoms with Gasteiger partial charge in [-0.15, -0.1) is 0 Å². The van der Waals surface area contributed by atoms with Crippen LogP contribution in [0.25, 0.3) is 11.0 Å². The quantitative estimate of drug-likeness (QED) is 0.678. The van der Waals surface area contributed by atoms with Gasteiger partial charge in [0.25, 0.3) is 0 Å². The molecule has 1 aliphatic rings. The molecular formula is C19H24N6O2S. The Morgan fingerprint density at radius 2 is 1.93 bits per heavy atom. The molecule has 2 aromatic heterocycles. The van der Waals surface area contributed by atoms with Crippen molar-refractivity contribution in [2.75, 3.05) is 43.7 Å². The van der Waals surface area contributed by atoms with E-state index >= 15 is 0 Å². The lowest BCUT2D eigenvalue weighted by atomic mass is 10.2. The largest absolute Gasteiger partial charge is 0.354 e. The Hall–Kier alpha value is -2.65. The summed E-state index contributed by atoms with van der Waals surface area (Å²) in [5, 5.41) is 4.19. The van der Waals surface area contributed by atoms with Crippen LogP contribution in [0.15, 0.2) is 41.4 Å². The summed E-state index contributed by atoms with van der Waals surface area (Å²) in [6.07, 6.45) is 4.16. The lowest BCUT2D eigenvalue weighted by Gasteiger charge is -2.22. The van der Waals surface area contributed by atoms with Gasteiger partial charge in [-0.1, -0.05) is 0 Å². The minimum atomic E-state index is -3.22. The summed E-state index contributed by atoms with van der Waals surface area (Å²) in [7, 11) is 0.990. The van der Waals surface area contributed by atoms with E-state index in [9.17, 15) is 8.42 Å². The minimum absolute atomic E-state index is 0.284. The number of nitrogens with zero attached hydrogens (tertiary/aromatic N) is 4. The van der Waals surface area contributed by atoms with E-state index in [4.69, 9.17) is 4.98 Å². The molecule has 1 aliphatic heterocycles. The Morgan fingerprint density at radius 3 is 2.57 bits per heavy atom. The third kappa shape index (κ3) is 3.67. The van der Waals surface area contributed by atoms with Crippen molar-refractivity contribution in [3.63, 3.8) is 0 Å². The number of aromatic nitrogens is 3. The van der Waals surface area contributed by atoms with Gasteiger partial charge in [0.1, 0.15) is 11.5 Å². The number of likely N-dealkylation sites (N-methyl/N-ethyl adjacent to an activating group) is 1. The fourth-order valence-corrected chi connectivity index (χ4v) is 4.12. The molecule has 9 heteroatoms. The molecule has 1 fully saturated rings. The lowest BCUT2D eigenvalue weighted by molar-refractivity contribution is 0.315. The number of rotatable bonds is 5. The highest BCUT2D eigenvalue weighted by Gasteiger charge is 2.27. The van der Waals surface area contributed by atoms with Gasteiger partial charge in [0.05, 0.1) is 10.3 Å². The summed E-state index contributed by atoms with van der Waals surface area (Å²) in [6, 6.07) is 9.09. The van der Waals surface area contributed by atoms with Crippen LogP contribution in [0.5, 0.6) is 0 Å². The van der Waals surface area contributed by atoms with Gasteiger partial charge in [0, 0.05) is 37.3 Å². The van der Waals surface area contributed by atoms with Crippen LogP contribution in [-0.4, -0.2) is 67.8 Å². The molecule has 0 aliphatic carbocycles. The van der Waals surface area contributed by atoms with Gasteiger partial charge in [-0.25, -0.2) is 8.42 Å². The summed E-state index contributed by atoms with van der Waals surface area (Å²) in [6.45, 7) is 1.87. The van der Waals surface area contributed by atoms with Crippen LogP contribution < -0.4 is 10.2 Å². The zero-order valence-corrected chi connectivity index (χ0v) is 17.0. The minimum Gasteiger partial charge on any atom is -0.354 e. The van der Waals surface area contributed by atoms with Crippen LogP contribution in [0.3, 0.4) is 0 Å². The van der Waals surface area contributed by atoms with Crippen molar-refractivity contribution in [2.45, 2.75) is 17.4 Å². The van der Waals surface area contributed by atoms with Crippen LogP contribution in [0.2, 0.25) is 0 Å².